The molecule has 0 amide bonds. The van der Waals surface area contributed by atoms with Gasteiger partial charge in [0.15, 0.2) is 0 Å². The van der Waals surface area contributed by atoms with Gasteiger partial charge in [-0.05, 0) is 88.2 Å². The van der Waals surface area contributed by atoms with Gasteiger partial charge in [0.1, 0.15) is 11.2 Å². The molecule has 8 aromatic rings. The predicted octanol–water partition coefficient (Wildman–Crippen LogP) is 9.34. The number of fused-ring (bicyclic) bond motifs is 7. The molecule has 0 saturated carbocycles. The number of hydrogen-bond donors (Lipinski definition) is 0. The Kier molecular flexibility index (Phi) is 5.37. The molecule has 0 bridgehead atoms. The summed E-state index contributed by atoms with van der Waals surface area (Å²) in [6, 6.07) is 59.0. The summed E-state index contributed by atoms with van der Waals surface area (Å²) in [7, 11) is 0. The van der Waals surface area contributed by atoms with Crippen molar-refractivity contribution in [1.29, 1.82) is 0 Å². The minimum atomic E-state index is 0.0672. The summed E-state index contributed by atoms with van der Waals surface area (Å²) in [6.45, 7) is 0.0672. The Bertz CT molecular complexity index is 2440. The van der Waals surface area contributed by atoms with Gasteiger partial charge < -0.3 is 14.2 Å². The van der Waals surface area contributed by atoms with Gasteiger partial charge in [0.25, 0.3) is 6.71 Å². The van der Waals surface area contributed by atoms with E-state index >= 15 is 0 Å². The molecule has 0 aliphatic carbocycles. The number of para-hydroxylation sites is 4. The highest BCUT2D eigenvalue weighted by Gasteiger charge is 2.43. The van der Waals surface area contributed by atoms with Crippen molar-refractivity contribution in [1.82, 2.24) is 0 Å². The molecule has 2 aliphatic heterocycles. The molecule has 0 radical (unpaired) electrons. The molecule has 2 aliphatic rings. The van der Waals surface area contributed by atoms with E-state index in [9.17, 15) is 0 Å². The molecule has 0 fully saturated rings. The van der Waals surface area contributed by atoms with Gasteiger partial charge in [-0.2, -0.15) is 0 Å². The van der Waals surface area contributed by atoms with Gasteiger partial charge in [-0.3, -0.25) is 0 Å². The third kappa shape index (κ3) is 3.55. The summed E-state index contributed by atoms with van der Waals surface area (Å²) in [6.07, 6.45) is 0. The lowest BCUT2D eigenvalue weighted by Gasteiger charge is -2.44. The van der Waals surface area contributed by atoms with E-state index in [-0.39, 0.29) is 6.71 Å². The van der Waals surface area contributed by atoms with E-state index in [1.807, 2.05) is 6.07 Å². The highest BCUT2D eigenvalue weighted by atomic mass is 16.3. The van der Waals surface area contributed by atoms with Crippen LogP contribution < -0.4 is 26.2 Å². The largest absolute Gasteiger partial charge is 0.456 e. The van der Waals surface area contributed by atoms with Crippen molar-refractivity contribution in [2.24, 2.45) is 0 Å². The second-order valence-electron chi connectivity index (χ2n) is 12.1. The number of rotatable bonds is 3. The van der Waals surface area contributed by atoms with Gasteiger partial charge in [0.2, 0.25) is 0 Å². The quantitative estimate of drug-likeness (QED) is 0.192. The van der Waals surface area contributed by atoms with Crippen LogP contribution in [-0.2, 0) is 0 Å². The summed E-state index contributed by atoms with van der Waals surface area (Å²) >= 11 is 0. The van der Waals surface area contributed by atoms with E-state index in [0.29, 0.717) is 0 Å². The van der Waals surface area contributed by atoms with Crippen molar-refractivity contribution in [3.05, 3.63) is 164 Å². The average molecular weight is 587 g/mol. The van der Waals surface area contributed by atoms with Gasteiger partial charge in [0.05, 0.1) is 0 Å². The van der Waals surface area contributed by atoms with E-state index in [1.165, 1.54) is 50.3 Å². The van der Waals surface area contributed by atoms with Crippen molar-refractivity contribution < 1.29 is 4.42 Å². The second-order valence-corrected chi connectivity index (χ2v) is 12.1. The van der Waals surface area contributed by atoms with Crippen molar-refractivity contribution in [2.45, 2.75) is 0 Å². The fourth-order valence-electron chi connectivity index (χ4n) is 7.78. The van der Waals surface area contributed by atoms with Gasteiger partial charge >= 0.3 is 0 Å². The van der Waals surface area contributed by atoms with Crippen LogP contribution in [0, 0.1) is 0 Å². The van der Waals surface area contributed by atoms with Crippen LogP contribution in [0.15, 0.2) is 168 Å². The average Bonchev–Trinajstić information content (AvgIpc) is 3.51. The standard InChI is InChI=1S/C42H27BN2O/c1-3-13-29(14-4-1)44-35-20-9-8-19-33(35)43-34-27-28(31-18-11-24-40-41(31)32-17-7-10-23-39(32)46-40)25-26-36(34)45(30-15-5-2-6-16-30)38-22-12-21-37(44)42(38)43/h1-27H. The molecule has 214 valence electrons. The van der Waals surface area contributed by atoms with Gasteiger partial charge in [-0.15, -0.1) is 0 Å². The van der Waals surface area contributed by atoms with E-state index in [4.69, 9.17) is 4.42 Å². The summed E-state index contributed by atoms with van der Waals surface area (Å²) < 4.78 is 6.30. The Morgan fingerprint density at radius 1 is 0.435 bits per heavy atom. The van der Waals surface area contributed by atoms with E-state index in [0.717, 1.165) is 33.3 Å². The maximum Gasteiger partial charge on any atom is 0.252 e. The molecule has 1 aromatic heterocycles. The van der Waals surface area contributed by atoms with Crippen LogP contribution in [0.3, 0.4) is 0 Å². The molecule has 3 nitrogen and oxygen atoms in total. The predicted molar refractivity (Wildman–Crippen MR) is 193 cm³/mol. The normalized spacial score (nSPS) is 13.1. The summed E-state index contributed by atoms with van der Waals surface area (Å²) in [5, 5.41) is 2.31. The van der Waals surface area contributed by atoms with Crippen molar-refractivity contribution in [3.8, 4) is 11.1 Å². The van der Waals surface area contributed by atoms with Crippen LogP contribution in [-0.4, -0.2) is 6.71 Å². The van der Waals surface area contributed by atoms with Crippen LogP contribution in [0.25, 0.3) is 33.1 Å². The molecule has 10 rings (SSSR count). The van der Waals surface area contributed by atoms with Crippen LogP contribution in [0.1, 0.15) is 0 Å². The lowest BCUT2D eigenvalue weighted by Crippen LogP contribution is -2.61. The number of anilines is 6. The Morgan fingerprint density at radius 2 is 1.02 bits per heavy atom. The second kappa shape index (κ2) is 9.75. The first-order valence-electron chi connectivity index (χ1n) is 15.8. The minimum Gasteiger partial charge on any atom is -0.456 e. The molecule has 0 unspecified atom stereocenters. The molecule has 0 spiro atoms. The van der Waals surface area contributed by atoms with Crippen molar-refractivity contribution in [3.63, 3.8) is 0 Å². The summed E-state index contributed by atoms with van der Waals surface area (Å²) in [5.74, 6) is 0. The topological polar surface area (TPSA) is 19.6 Å². The van der Waals surface area contributed by atoms with E-state index in [2.05, 4.69) is 168 Å². The fourth-order valence-corrected chi connectivity index (χ4v) is 7.78. The molecular weight excluding hydrogens is 559 g/mol. The van der Waals surface area contributed by atoms with Crippen LogP contribution in [0.2, 0.25) is 0 Å². The van der Waals surface area contributed by atoms with Gasteiger partial charge in [-0.1, -0.05) is 103 Å². The van der Waals surface area contributed by atoms with Crippen molar-refractivity contribution >= 4 is 79.2 Å². The Morgan fingerprint density at radius 3 is 1.78 bits per heavy atom. The number of furan rings is 1. The molecule has 0 atom stereocenters. The summed E-state index contributed by atoms with van der Waals surface area (Å²) in [5.41, 5.74) is 15.3. The molecule has 0 N–H and O–H groups in total. The Labute approximate surface area is 267 Å². The SMILES string of the molecule is c1ccc(N2c3ccccc3B3c4cc(-c5cccc6oc7ccccc7c56)ccc4N(c4ccccc4)c4cccc2c43)cc1. The molecule has 0 saturated heterocycles. The lowest BCUT2D eigenvalue weighted by atomic mass is 9.33. The lowest BCUT2D eigenvalue weighted by molar-refractivity contribution is 0.669. The first-order chi connectivity index (χ1) is 22.8. The third-order valence-corrected chi connectivity index (χ3v) is 9.64. The highest BCUT2D eigenvalue weighted by molar-refractivity contribution is 7.00. The Hall–Kier alpha value is -6.00. The monoisotopic (exact) mass is 586 g/mol. The molecule has 46 heavy (non-hydrogen) atoms. The van der Waals surface area contributed by atoms with Gasteiger partial charge in [0, 0.05) is 44.9 Å². The highest BCUT2D eigenvalue weighted by Crippen LogP contribution is 2.44. The number of benzene rings is 7. The van der Waals surface area contributed by atoms with Crippen LogP contribution in [0.5, 0.6) is 0 Å². The smallest absolute Gasteiger partial charge is 0.252 e. The zero-order chi connectivity index (χ0) is 30.2. The minimum absolute atomic E-state index is 0.0672. The molecular formula is C42H27BN2O. The molecule has 3 heterocycles. The van der Waals surface area contributed by atoms with E-state index in [1.54, 1.807) is 0 Å². The maximum absolute atomic E-state index is 6.30. The van der Waals surface area contributed by atoms with Gasteiger partial charge in [-0.25, -0.2) is 0 Å². The summed E-state index contributed by atoms with van der Waals surface area (Å²) in [4.78, 5) is 4.88. The van der Waals surface area contributed by atoms with E-state index < -0.39 is 0 Å². The Balaban J connectivity index is 1.28. The third-order valence-electron chi connectivity index (χ3n) is 9.64. The zero-order valence-corrected chi connectivity index (χ0v) is 25.0. The van der Waals surface area contributed by atoms with Crippen LogP contribution in [0.4, 0.5) is 34.1 Å². The maximum atomic E-state index is 6.30. The first-order valence-corrected chi connectivity index (χ1v) is 15.8. The van der Waals surface area contributed by atoms with Crippen molar-refractivity contribution in [2.75, 3.05) is 9.80 Å². The molecule has 4 heteroatoms. The zero-order valence-electron chi connectivity index (χ0n) is 25.0. The first kappa shape index (κ1) is 25.3. The molecule has 7 aromatic carbocycles. The van der Waals surface area contributed by atoms with Crippen LogP contribution >= 0.6 is 0 Å². The number of hydrogen-bond acceptors (Lipinski definition) is 3. The number of nitrogens with zero attached hydrogens (tertiary/aromatic N) is 2. The fraction of sp³-hybridized carbons (Fsp3) is 0.